The molecule has 0 saturated heterocycles. The van der Waals surface area contributed by atoms with E-state index in [9.17, 15) is 28.2 Å². The molecule has 0 bridgehead atoms. The van der Waals surface area contributed by atoms with Gasteiger partial charge in [-0.3, -0.25) is 14.1 Å². The quantitative estimate of drug-likeness (QED) is 0.310. The molecule has 3 rings (SSSR count). The van der Waals surface area contributed by atoms with E-state index in [2.05, 4.69) is 0 Å². The first kappa shape index (κ1) is 20.3. The Morgan fingerprint density at radius 1 is 0.833 bits per heavy atom. The summed E-state index contributed by atoms with van der Waals surface area (Å²) in [4.78, 5) is 23.7. The van der Waals surface area contributed by atoms with Gasteiger partial charge >= 0.3 is 0 Å². The Morgan fingerprint density at radius 2 is 1.33 bits per heavy atom. The van der Waals surface area contributed by atoms with Crippen molar-refractivity contribution in [1.29, 1.82) is 0 Å². The van der Waals surface area contributed by atoms with Crippen molar-refractivity contribution in [2.24, 2.45) is 0 Å². The van der Waals surface area contributed by atoms with E-state index in [4.69, 9.17) is 4.55 Å². The maximum absolute atomic E-state index is 12.4. The van der Waals surface area contributed by atoms with Crippen LogP contribution in [0.1, 0.15) is 31.8 Å². The summed E-state index contributed by atoms with van der Waals surface area (Å²) in [7, 11) is -4.88. The summed E-state index contributed by atoms with van der Waals surface area (Å²) in [5.74, 6) is -3.65. The number of aromatic hydroxyl groups is 2. The number of hydrogen-bond acceptors (Lipinski definition) is 6. The van der Waals surface area contributed by atoms with Gasteiger partial charge in [0, 0.05) is 46.2 Å². The summed E-state index contributed by atoms with van der Waals surface area (Å²) in [5, 5.41) is 19.6. The molecule has 24 heavy (non-hydrogen) atoms. The van der Waals surface area contributed by atoms with Gasteiger partial charge in [-0.2, -0.15) is 8.42 Å². The average molecular weight is 361 g/mol. The van der Waals surface area contributed by atoms with Crippen molar-refractivity contribution < 1.29 is 38.2 Å². The Hall–Kier alpha value is -1.75. The SMILES string of the molecule is O.O=C1c2ccccc2C(=O)c2c1cc(S(=O)(=O)O)c(O)c2O.[Na]. The molecule has 1 aliphatic carbocycles. The molecule has 0 aromatic heterocycles. The first-order valence-electron chi connectivity index (χ1n) is 5.98. The molecule has 5 N–H and O–H groups in total. The Morgan fingerprint density at radius 3 is 1.83 bits per heavy atom. The van der Waals surface area contributed by atoms with Crippen molar-refractivity contribution in [2.75, 3.05) is 0 Å². The summed E-state index contributed by atoms with van der Waals surface area (Å²) >= 11 is 0. The number of fused-ring (bicyclic) bond motifs is 2. The normalized spacial score (nSPS) is 12.5. The Labute approximate surface area is 158 Å². The van der Waals surface area contributed by atoms with Crippen LogP contribution in [0.2, 0.25) is 0 Å². The zero-order chi connectivity index (χ0) is 16.2. The summed E-state index contributed by atoms with van der Waals surface area (Å²) in [5.41, 5.74) is -0.805. The number of benzene rings is 2. The maximum atomic E-state index is 12.4. The van der Waals surface area contributed by atoms with Crippen molar-refractivity contribution in [3.05, 3.63) is 52.6 Å². The number of carbonyl (C=O) groups excluding carboxylic acids is 2. The Kier molecular flexibility index (Phi) is 5.61. The number of rotatable bonds is 1. The fourth-order valence-electron chi connectivity index (χ4n) is 2.40. The topological polar surface area (TPSA) is 160 Å². The summed E-state index contributed by atoms with van der Waals surface area (Å²) in [6.07, 6.45) is 0. The molecular weight excluding hydrogens is 351 g/mol. The van der Waals surface area contributed by atoms with Crippen LogP contribution in [0.5, 0.6) is 11.5 Å². The minimum Gasteiger partial charge on any atom is -0.504 e. The monoisotopic (exact) mass is 361 g/mol. The summed E-state index contributed by atoms with van der Waals surface area (Å²) < 4.78 is 31.5. The fourth-order valence-corrected chi connectivity index (χ4v) is 3.01. The molecule has 121 valence electrons. The third-order valence-electron chi connectivity index (χ3n) is 3.41. The molecule has 0 spiro atoms. The summed E-state index contributed by atoms with van der Waals surface area (Å²) in [6.45, 7) is 0. The molecule has 0 unspecified atom stereocenters. The van der Waals surface area contributed by atoms with Gasteiger partial charge in [-0.05, 0) is 6.07 Å². The third-order valence-corrected chi connectivity index (χ3v) is 4.27. The molecule has 2 aromatic carbocycles. The second-order valence-corrected chi connectivity index (χ2v) is 6.06. The van der Waals surface area contributed by atoms with E-state index in [-0.39, 0.29) is 46.2 Å². The van der Waals surface area contributed by atoms with Gasteiger partial charge in [-0.1, -0.05) is 24.3 Å². The number of phenolic OH excluding ortho intramolecular Hbond substituents is 2. The number of carbonyl (C=O) groups is 2. The smallest absolute Gasteiger partial charge is 0.298 e. The molecule has 10 heteroatoms. The van der Waals surface area contributed by atoms with Crippen LogP contribution in [0, 0.1) is 0 Å². The Balaban J connectivity index is 0.00000144. The van der Waals surface area contributed by atoms with Crippen molar-refractivity contribution in [3.8, 4) is 11.5 Å². The van der Waals surface area contributed by atoms with Gasteiger partial charge in [0.2, 0.25) is 0 Å². The minimum absolute atomic E-state index is 0. The van der Waals surface area contributed by atoms with Gasteiger partial charge in [-0.15, -0.1) is 0 Å². The van der Waals surface area contributed by atoms with E-state index < -0.39 is 49.2 Å². The molecule has 0 amide bonds. The van der Waals surface area contributed by atoms with E-state index in [1.165, 1.54) is 24.3 Å². The molecular formula is C14H10NaO8S. The first-order chi connectivity index (χ1) is 10.2. The van der Waals surface area contributed by atoms with Crippen molar-refractivity contribution >= 4 is 51.2 Å². The zero-order valence-corrected chi connectivity index (χ0v) is 15.1. The maximum Gasteiger partial charge on any atom is 0.298 e. The van der Waals surface area contributed by atoms with Gasteiger partial charge < -0.3 is 15.7 Å². The molecule has 2 aromatic rings. The molecule has 0 fully saturated rings. The van der Waals surface area contributed by atoms with Crippen molar-refractivity contribution in [3.63, 3.8) is 0 Å². The van der Waals surface area contributed by atoms with Crippen LogP contribution >= 0.6 is 0 Å². The van der Waals surface area contributed by atoms with Crippen LogP contribution in [-0.4, -0.2) is 69.8 Å². The number of ketones is 2. The van der Waals surface area contributed by atoms with Crippen LogP contribution in [0.15, 0.2) is 35.2 Å². The Bertz CT molecular complexity index is 965. The second-order valence-electron chi connectivity index (χ2n) is 4.67. The van der Waals surface area contributed by atoms with Crippen molar-refractivity contribution in [1.82, 2.24) is 0 Å². The molecule has 0 heterocycles. The standard InChI is InChI=1S/C14H8O7S.Na.H2O/c15-11-6-3-1-2-4-7(6)12(16)10-8(11)5-9(22(19,20)21)13(17)14(10)18;;/h1-5,17-18H,(H,19,20,21);;1H2. The van der Waals surface area contributed by atoms with Gasteiger partial charge in [-0.25, -0.2) is 0 Å². The van der Waals surface area contributed by atoms with Crippen LogP contribution in [0.25, 0.3) is 0 Å². The van der Waals surface area contributed by atoms with Gasteiger partial charge in [0.15, 0.2) is 23.1 Å². The van der Waals surface area contributed by atoms with Gasteiger partial charge in [0.25, 0.3) is 10.1 Å². The molecule has 0 saturated carbocycles. The van der Waals surface area contributed by atoms with Crippen LogP contribution < -0.4 is 0 Å². The largest absolute Gasteiger partial charge is 0.504 e. The van der Waals surface area contributed by atoms with Gasteiger partial charge in [0.05, 0.1) is 5.56 Å². The van der Waals surface area contributed by atoms with Crippen LogP contribution in [0.4, 0.5) is 0 Å². The van der Waals surface area contributed by atoms with E-state index in [0.29, 0.717) is 6.07 Å². The predicted molar refractivity (Wildman–Crippen MR) is 82.3 cm³/mol. The number of hydrogen-bond donors (Lipinski definition) is 3. The predicted octanol–water partition coefficient (Wildman–Crippen LogP) is -0.0856. The second kappa shape index (κ2) is 6.63. The molecule has 8 nitrogen and oxygen atoms in total. The van der Waals surface area contributed by atoms with Crippen molar-refractivity contribution in [2.45, 2.75) is 4.90 Å². The van der Waals surface area contributed by atoms with E-state index in [1.807, 2.05) is 0 Å². The van der Waals surface area contributed by atoms with Crippen LogP contribution in [-0.2, 0) is 10.1 Å². The van der Waals surface area contributed by atoms with E-state index >= 15 is 0 Å². The first-order valence-corrected chi connectivity index (χ1v) is 7.42. The van der Waals surface area contributed by atoms with Crippen LogP contribution in [0.3, 0.4) is 0 Å². The molecule has 1 radical (unpaired) electrons. The van der Waals surface area contributed by atoms with Gasteiger partial charge in [0.1, 0.15) is 4.90 Å². The molecule has 1 aliphatic rings. The zero-order valence-electron chi connectivity index (χ0n) is 12.3. The molecule has 0 aliphatic heterocycles. The fraction of sp³-hybridized carbons (Fsp3) is 0. The summed E-state index contributed by atoms with van der Waals surface area (Å²) in [6, 6.07) is 6.49. The molecule has 0 atom stereocenters. The number of phenols is 2. The van der Waals surface area contributed by atoms with E-state index in [0.717, 1.165) is 0 Å². The minimum atomic E-state index is -4.88. The average Bonchev–Trinajstić information content (AvgIpc) is 2.46. The third kappa shape index (κ3) is 2.86. The van der Waals surface area contributed by atoms with E-state index in [1.54, 1.807) is 0 Å².